The summed E-state index contributed by atoms with van der Waals surface area (Å²) in [6.45, 7) is 0. The molecule has 138 valence electrons. The standard InChI is InChI=1S/C17H18F4O3S/c18-13-5-10(4-12(9-13)17(19,20)21)6-16(22)11-7-14-2-1-3-15(8-11)25(14,23)24/h4-5,9,11,14-15H,1-3,6-8H2. The summed E-state index contributed by atoms with van der Waals surface area (Å²) in [7, 11) is -3.20. The van der Waals surface area contributed by atoms with Gasteiger partial charge in [0.2, 0.25) is 0 Å². The monoisotopic (exact) mass is 378 g/mol. The number of hydrogen-bond acceptors (Lipinski definition) is 3. The first kappa shape index (κ1) is 18.4. The maximum atomic E-state index is 13.4. The second-order valence-corrected chi connectivity index (χ2v) is 9.43. The lowest BCUT2D eigenvalue weighted by atomic mass is 9.84. The summed E-state index contributed by atoms with van der Waals surface area (Å²) < 4.78 is 76.2. The maximum Gasteiger partial charge on any atom is 0.416 e. The summed E-state index contributed by atoms with van der Waals surface area (Å²) in [5.74, 6) is -1.84. The smallest absolute Gasteiger partial charge is 0.299 e. The molecule has 0 aliphatic carbocycles. The summed E-state index contributed by atoms with van der Waals surface area (Å²) in [4.78, 5) is 12.5. The molecule has 8 heteroatoms. The molecule has 0 amide bonds. The van der Waals surface area contributed by atoms with Crippen molar-refractivity contribution in [3.05, 3.63) is 35.1 Å². The van der Waals surface area contributed by atoms with Crippen LogP contribution in [0.4, 0.5) is 17.6 Å². The third-order valence-electron chi connectivity index (χ3n) is 5.19. The minimum atomic E-state index is -4.68. The predicted octanol–water partition coefficient (Wildman–Crippen LogP) is 3.70. The minimum Gasteiger partial charge on any atom is -0.299 e. The number of rotatable bonds is 3. The average Bonchev–Trinajstić information content (AvgIpc) is 2.44. The van der Waals surface area contributed by atoms with Gasteiger partial charge in [0.1, 0.15) is 11.6 Å². The van der Waals surface area contributed by atoms with Crippen molar-refractivity contribution in [3.8, 4) is 0 Å². The Hall–Kier alpha value is -1.44. The molecule has 0 radical (unpaired) electrons. The van der Waals surface area contributed by atoms with Gasteiger partial charge in [0.15, 0.2) is 9.84 Å². The molecule has 2 saturated heterocycles. The molecular formula is C17H18F4O3S. The highest BCUT2D eigenvalue weighted by Gasteiger charge is 2.45. The number of Topliss-reactive ketones (excluding diaryl/α,β-unsaturated/α-hetero) is 1. The maximum absolute atomic E-state index is 13.4. The van der Waals surface area contributed by atoms with E-state index < -0.39 is 43.8 Å². The van der Waals surface area contributed by atoms with E-state index in [1.54, 1.807) is 0 Å². The molecule has 2 fully saturated rings. The number of ketones is 1. The predicted molar refractivity (Wildman–Crippen MR) is 83.2 cm³/mol. The van der Waals surface area contributed by atoms with Crippen molar-refractivity contribution in [1.29, 1.82) is 0 Å². The molecular weight excluding hydrogens is 360 g/mol. The van der Waals surface area contributed by atoms with Gasteiger partial charge in [-0.2, -0.15) is 13.2 Å². The van der Waals surface area contributed by atoms with Crippen LogP contribution in [0.5, 0.6) is 0 Å². The molecule has 1 aromatic carbocycles. The largest absolute Gasteiger partial charge is 0.416 e. The molecule has 2 heterocycles. The lowest BCUT2D eigenvalue weighted by molar-refractivity contribution is -0.138. The molecule has 0 saturated carbocycles. The Morgan fingerprint density at radius 2 is 1.68 bits per heavy atom. The molecule has 2 bridgehead atoms. The van der Waals surface area contributed by atoms with Crippen molar-refractivity contribution in [1.82, 2.24) is 0 Å². The molecule has 3 nitrogen and oxygen atoms in total. The first-order chi connectivity index (χ1) is 11.6. The van der Waals surface area contributed by atoms with Crippen molar-refractivity contribution in [2.75, 3.05) is 0 Å². The zero-order chi connectivity index (χ0) is 18.4. The molecule has 0 aromatic heterocycles. The Balaban J connectivity index is 1.76. The van der Waals surface area contributed by atoms with Crippen molar-refractivity contribution in [3.63, 3.8) is 0 Å². The van der Waals surface area contributed by atoms with Gasteiger partial charge in [0.05, 0.1) is 16.1 Å². The van der Waals surface area contributed by atoms with Crippen LogP contribution in [-0.2, 0) is 27.2 Å². The fraction of sp³-hybridized carbons (Fsp3) is 0.588. The van der Waals surface area contributed by atoms with E-state index in [4.69, 9.17) is 0 Å². The van der Waals surface area contributed by atoms with E-state index in [2.05, 4.69) is 0 Å². The lowest BCUT2D eigenvalue weighted by Gasteiger charge is -2.38. The fourth-order valence-corrected chi connectivity index (χ4v) is 6.47. The normalized spacial score (nSPS) is 28.6. The Morgan fingerprint density at radius 1 is 1.08 bits per heavy atom. The van der Waals surface area contributed by atoms with Crippen LogP contribution in [0.25, 0.3) is 0 Å². The van der Waals surface area contributed by atoms with Gasteiger partial charge in [-0.05, 0) is 49.4 Å². The summed E-state index contributed by atoms with van der Waals surface area (Å²) in [5, 5.41) is -1.07. The number of carbonyl (C=O) groups excluding carboxylic acids is 1. The van der Waals surface area contributed by atoms with Crippen molar-refractivity contribution >= 4 is 15.6 Å². The summed E-state index contributed by atoms with van der Waals surface area (Å²) in [6, 6.07) is 2.10. The molecule has 25 heavy (non-hydrogen) atoms. The Kier molecular flexibility index (Phi) is 4.68. The van der Waals surface area contributed by atoms with E-state index in [0.717, 1.165) is 18.6 Å². The summed E-state index contributed by atoms with van der Waals surface area (Å²) in [5.41, 5.74) is -1.16. The zero-order valence-corrected chi connectivity index (χ0v) is 14.2. The summed E-state index contributed by atoms with van der Waals surface area (Å²) in [6.07, 6.45) is -2.69. The topological polar surface area (TPSA) is 51.2 Å². The number of alkyl halides is 3. The first-order valence-electron chi connectivity index (χ1n) is 8.19. The first-order valence-corrected chi connectivity index (χ1v) is 9.80. The number of carbonyl (C=O) groups is 1. The Morgan fingerprint density at radius 3 is 2.24 bits per heavy atom. The molecule has 2 atom stereocenters. The fourth-order valence-electron chi connectivity index (χ4n) is 3.93. The Labute approximate surface area is 143 Å². The average molecular weight is 378 g/mol. The van der Waals surface area contributed by atoms with E-state index in [1.165, 1.54) is 0 Å². The van der Waals surface area contributed by atoms with Crippen molar-refractivity contribution < 1.29 is 30.8 Å². The second-order valence-electron chi connectivity index (χ2n) is 6.92. The highest BCUT2D eigenvalue weighted by Crippen LogP contribution is 2.40. The third kappa shape index (κ3) is 3.73. The van der Waals surface area contributed by atoms with E-state index >= 15 is 0 Å². The van der Waals surface area contributed by atoms with E-state index in [0.29, 0.717) is 18.9 Å². The van der Waals surface area contributed by atoms with Gasteiger partial charge < -0.3 is 0 Å². The van der Waals surface area contributed by atoms with Gasteiger partial charge in [0, 0.05) is 12.3 Å². The number of benzene rings is 1. The van der Waals surface area contributed by atoms with Crippen LogP contribution in [0, 0.1) is 11.7 Å². The van der Waals surface area contributed by atoms with Crippen LogP contribution in [0.15, 0.2) is 18.2 Å². The van der Waals surface area contributed by atoms with E-state index in [1.807, 2.05) is 0 Å². The number of hydrogen-bond donors (Lipinski definition) is 0. The third-order valence-corrected chi connectivity index (χ3v) is 7.91. The highest BCUT2D eigenvalue weighted by molar-refractivity contribution is 7.92. The SMILES string of the molecule is O=C(Cc1cc(F)cc(C(F)(F)F)c1)C1CC2CCCC(C1)S2(=O)=O. The molecule has 2 aliphatic heterocycles. The van der Waals surface area contributed by atoms with Crippen molar-refractivity contribution in [2.45, 2.75) is 55.2 Å². The number of sulfone groups is 1. The highest BCUT2D eigenvalue weighted by atomic mass is 32.2. The molecule has 2 aliphatic rings. The van der Waals surface area contributed by atoms with Gasteiger partial charge in [0.25, 0.3) is 0 Å². The minimum absolute atomic E-state index is 0.0316. The quantitative estimate of drug-likeness (QED) is 0.754. The zero-order valence-electron chi connectivity index (χ0n) is 13.4. The van der Waals surface area contributed by atoms with Crippen LogP contribution in [0.3, 0.4) is 0 Å². The lowest BCUT2D eigenvalue weighted by Crippen LogP contribution is -2.45. The molecule has 3 rings (SSSR count). The van der Waals surface area contributed by atoms with Gasteiger partial charge in [-0.1, -0.05) is 6.42 Å². The van der Waals surface area contributed by atoms with Crippen molar-refractivity contribution in [2.24, 2.45) is 5.92 Å². The van der Waals surface area contributed by atoms with Gasteiger partial charge in [-0.15, -0.1) is 0 Å². The molecule has 0 N–H and O–H groups in total. The van der Waals surface area contributed by atoms with Crippen LogP contribution in [-0.4, -0.2) is 24.7 Å². The van der Waals surface area contributed by atoms with E-state index in [9.17, 15) is 30.8 Å². The van der Waals surface area contributed by atoms with Crippen LogP contribution < -0.4 is 0 Å². The van der Waals surface area contributed by atoms with Crippen LogP contribution in [0.2, 0.25) is 0 Å². The van der Waals surface area contributed by atoms with Gasteiger partial charge >= 0.3 is 6.18 Å². The van der Waals surface area contributed by atoms with Gasteiger partial charge in [-0.25, -0.2) is 12.8 Å². The van der Waals surface area contributed by atoms with Crippen LogP contribution in [0.1, 0.15) is 43.2 Å². The number of halogens is 4. The molecule has 2 unspecified atom stereocenters. The summed E-state index contributed by atoms with van der Waals surface area (Å²) >= 11 is 0. The van der Waals surface area contributed by atoms with E-state index in [-0.39, 0.29) is 30.6 Å². The second kappa shape index (κ2) is 6.37. The molecule has 1 aromatic rings. The van der Waals surface area contributed by atoms with Crippen LogP contribution >= 0.6 is 0 Å². The van der Waals surface area contributed by atoms with Gasteiger partial charge in [-0.3, -0.25) is 4.79 Å². The Bertz CT molecular complexity index is 766. The number of fused-ring (bicyclic) bond motifs is 2. The molecule has 0 spiro atoms.